The lowest BCUT2D eigenvalue weighted by Gasteiger charge is -2.15. The number of amides is 1. The van der Waals surface area contributed by atoms with Crippen molar-refractivity contribution in [2.45, 2.75) is 38.5 Å². The summed E-state index contributed by atoms with van der Waals surface area (Å²) in [6.07, 6.45) is 3.43. The Morgan fingerprint density at radius 2 is 1.93 bits per heavy atom. The summed E-state index contributed by atoms with van der Waals surface area (Å²) < 4.78 is 11.2. The maximum absolute atomic E-state index is 12.4. The van der Waals surface area contributed by atoms with Crippen LogP contribution < -0.4 is 4.74 Å². The van der Waals surface area contributed by atoms with Crippen LogP contribution in [0.15, 0.2) is 59.1 Å². The zero-order chi connectivity index (χ0) is 20.8. The Hall–Kier alpha value is -3.15. The molecule has 3 aromatic rings. The van der Waals surface area contributed by atoms with E-state index in [4.69, 9.17) is 9.26 Å². The first-order valence-corrected chi connectivity index (χ1v) is 10.6. The van der Waals surface area contributed by atoms with E-state index in [-0.39, 0.29) is 11.8 Å². The van der Waals surface area contributed by atoms with Gasteiger partial charge < -0.3 is 14.2 Å². The minimum Gasteiger partial charge on any atom is -0.494 e. The van der Waals surface area contributed by atoms with Gasteiger partial charge in [0, 0.05) is 31.0 Å². The molecule has 0 spiro atoms. The highest BCUT2D eigenvalue weighted by Crippen LogP contribution is 2.29. The molecule has 1 atom stereocenters. The number of aromatic nitrogens is 2. The monoisotopic (exact) mass is 405 g/mol. The van der Waals surface area contributed by atoms with Crippen LogP contribution in [0.5, 0.6) is 5.75 Å². The van der Waals surface area contributed by atoms with Crippen molar-refractivity contribution in [2.75, 3.05) is 19.7 Å². The molecule has 0 bridgehead atoms. The molecule has 156 valence electrons. The second-order valence-electron chi connectivity index (χ2n) is 7.66. The lowest BCUT2D eigenvalue weighted by atomic mass is 10.1. The van der Waals surface area contributed by atoms with Crippen molar-refractivity contribution >= 4 is 5.91 Å². The molecule has 1 aliphatic rings. The van der Waals surface area contributed by atoms with Gasteiger partial charge in [0.25, 0.3) is 5.89 Å². The van der Waals surface area contributed by atoms with Gasteiger partial charge in [0.1, 0.15) is 5.75 Å². The molecule has 0 saturated carbocycles. The molecule has 6 nitrogen and oxygen atoms in total. The third kappa shape index (κ3) is 4.87. The molecule has 1 unspecified atom stereocenters. The molecule has 2 heterocycles. The fourth-order valence-electron chi connectivity index (χ4n) is 3.62. The molecule has 4 rings (SSSR count). The number of likely N-dealkylation sites (tertiary alicyclic amines) is 1. The Kier molecular flexibility index (Phi) is 6.42. The van der Waals surface area contributed by atoms with E-state index in [9.17, 15) is 4.79 Å². The van der Waals surface area contributed by atoms with E-state index < -0.39 is 0 Å². The fraction of sp³-hybridized carbons (Fsp3) is 0.375. The normalized spacial score (nSPS) is 16.2. The van der Waals surface area contributed by atoms with Gasteiger partial charge in [0.15, 0.2) is 5.82 Å². The SMILES string of the molecule is CCCCOc1ccc(-c2nc(C3CC(=O)N(CCc4ccccc4)C3)no2)cc1. The summed E-state index contributed by atoms with van der Waals surface area (Å²) in [7, 11) is 0. The number of unbranched alkanes of at least 4 members (excludes halogenated alkanes) is 1. The molecule has 1 saturated heterocycles. The van der Waals surface area contributed by atoms with Gasteiger partial charge in [-0.25, -0.2) is 0 Å². The lowest BCUT2D eigenvalue weighted by Crippen LogP contribution is -2.27. The first kappa shape index (κ1) is 20.1. The van der Waals surface area contributed by atoms with Crippen LogP contribution in [-0.4, -0.2) is 40.6 Å². The number of hydrogen-bond donors (Lipinski definition) is 0. The summed E-state index contributed by atoms with van der Waals surface area (Å²) in [6, 6.07) is 17.9. The van der Waals surface area contributed by atoms with Crippen molar-refractivity contribution in [2.24, 2.45) is 0 Å². The molecule has 0 aliphatic carbocycles. The maximum Gasteiger partial charge on any atom is 0.257 e. The van der Waals surface area contributed by atoms with Gasteiger partial charge in [-0.05, 0) is 42.7 Å². The highest BCUT2D eigenvalue weighted by molar-refractivity contribution is 5.79. The van der Waals surface area contributed by atoms with E-state index in [0.29, 0.717) is 31.2 Å². The highest BCUT2D eigenvalue weighted by Gasteiger charge is 2.33. The van der Waals surface area contributed by atoms with Crippen LogP contribution >= 0.6 is 0 Å². The van der Waals surface area contributed by atoms with Crippen molar-refractivity contribution < 1.29 is 14.1 Å². The smallest absolute Gasteiger partial charge is 0.257 e. The standard InChI is InChI=1S/C24H27N3O3/c1-2-3-15-29-21-11-9-19(10-12-21)24-25-23(26-30-24)20-16-22(28)27(17-20)14-13-18-7-5-4-6-8-18/h4-12,20H,2-3,13-17H2,1H3. The minimum atomic E-state index is -0.0255. The molecule has 1 aliphatic heterocycles. The topological polar surface area (TPSA) is 68.5 Å². The summed E-state index contributed by atoms with van der Waals surface area (Å²) in [5.74, 6) is 2.03. The number of benzene rings is 2. The van der Waals surface area contributed by atoms with Crippen LogP contribution in [0, 0.1) is 0 Å². The third-order valence-corrected chi connectivity index (χ3v) is 5.40. The van der Waals surface area contributed by atoms with Crippen molar-refractivity contribution in [3.8, 4) is 17.2 Å². The van der Waals surface area contributed by atoms with Crippen molar-refractivity contribution in [1.29, 1.82) is 0 Å². The Morgan fingerprint density at radius 3 is 2.70 bits per heavy atom. The fourth-order valence-corrected chi connectivity index (χ4v) is 3.62. The predicted molar refractivity (Wildman–Crippen MR) is 114 cm³/mol. The summed E-state index contributed by atoms with van der Waals surface area (Å²) in [4.78, 5) is 18.9. The van der Waals surface area contributed by atoms with Gasteiger partial charge in [0.2, 0.25) is 5.91 Å². The Labute approximate surface area is 176 Å². The largest absolute Gasteiger partial charge is 0.494 e. The van der Waals surface area contributed by atoms with Gasteiger partial charge in [-0.15, -0.1) is 0 Å². The average molecular weight is 405 g/mol. The highest BCUT2D eigenvalue weighted by atomic mass is 16.5. The summed E-state index contributed by atoms with van der Waals surface area (Å²) in [5, 5.41) is 4.15. The van der Waals surface area contributed by atoms with E-state index in [1.165, 1.54) is 5.56 Å². The molecule has 0 N–H and O–H groups in total. The number of nitrogens with zero attached hydrogens (tertiary/aromatic N) is 3. The van der Waals surface area contributed by atoms with E-state index in [1.54, 1.807) is 0 Å². The van der Waals surface area contributed by atoms with Crippen LogP contribution in [0.4, 0.5) is 0 Å². The molecule has 1 fully saturated rings. The maximum atomic E-state index is 12.4. The average Bonchev–Trinajstić information content (AvgIpc) is 3.41. The summed E-state index contributed by atoms with van der Waals surface area (Å²) in [6.45, 7) is 4.20. The van der Waals surface area contributed by atoms with Gasteiger partial charge >= 0.3 is 0 Å². The van der Waals surface area contributed by atoms with E-state index in [2.05, 4.69) is 29.2 Å². The number of carbonyl (C=O) groups is 1. The van der Waals surface area contributed by atoms with Crippen molar-refractivity contribution in [3.05, 3.63) is 66.0 Å². The van der Waals surface area contributed by atoms with E-state index >= 15 is 0 Å². The molecule has 1 aromatic heterocycles. The van der Waals surface area contributed by atoms with Crippen LogP contribution in [0.1, 0.15) is 43.5 Å². The van der Waals surface area contributed by atoms with Gasteiger partial charge in [-0.1, -0.05) is 48.8 Å². The number of ether oxygens (including phenoxy) is 1. The zero-order valence-electron chi connectivity index (χ0n) is 17.3. The molecule has 2 aromatic carbocycles. The van der Waals surface area contributed by atoms with Crippen molar-refractivity contribution in [1.82, 2.24) is 15.0 Å². The molecule has 0 radical (unpaired) electrons. The predicted octanol–water partition coefficient (Wildman–Crippen LogP) is 4.47. The van der Waals surface area contributed by atoms with Gasteiger partial charge in [0.05, 0.1) is 6.61 Å². The Balaban J connectivity index is 1.35. The zero-order valence-corrected chi connectivity index (χ0v) is 17.3. The van der Waals surface area contributed by atoms with Crippen LogP contribution in [0.3, 0.4) is 0 Å². The molecule has 6 heteroatoms. The summed E-state index contributed by atoms with van der Waals surface area (Å²) in [5.41, 5.74) is 2.08. The quantitative estimate of drug-likeness (QED) is 0.491. The summed E-state index contributed by atoms with van der Waals surface area (Å²) >= 11 is 0. The van der Waals surface area contributed by atoms with Crippen LogP contribution in [-0.2, 0) is 11.2 Å². The van der Waals surface area contributed by atoms with Crippen LogP contribution in [0.25, 0.3) is 11.5 Å². The minimum absolute atomic E-state index is 0.0255. The van der Waals surface area contributed by atoms with Crippen molar-refractivity contribution in [3.63, 3.8) is 0 Å². The lowest BCUT2D eigenvalue weighted by molar-refractivity contribution is -0.127. The molecular formula is C24H27N3O3. The van der Waals surface area contributed by atoms with Gasteiger partial charge in [-0.3, -0.25) is 4.79 Å². The molecule has 1 amide bonds. The van der Waals surface area contributed by atoms with E-state index in [0.717, 1.165) is 37.2 Å². The van der Waals surface area contributed by atoms with E-state index in [1.807, 2.05) is 47.4 Å². The Morgan fingerprint density at radius 1 is 1.13 bits per heavy atom. The number of rotatable bonds is 9. The first-order chi connectivity index (χ1) is 14.7. The van der Waals surface area contributed by atoms with Gasteiger partial charge in [-0.2, -0.15) is 4.98 Å². The second kappa shape index (κ2) is 9.57. The molecule has 30 heavy (non-hydrogen) atoms. The molecular weight excluding hydrogens is 378 g/mol. The first-order valence-electron chi connectivity index (χ1n) is 10.6. The second-order valence-corrected chi connectivity index (χ2v) is 7.66. The third-order valence-electron chi connectivity index (χ3n) is 5.40. The number of carbonyl (C=O) groups excluding carboxylic acids is 1. The number of hydrogen-bond acceptors (Lipinski definition) is 5. The van der Waals surface area contributed by atoms with Crippen LogP contribution in [0.2, 0.25) is 0 Å². The Bertz CT molecular complexity index is 953.